The summed E-state index contributed by atoms with van der Waals surface area (Å²) in [6.07, 6.45) is 6.88. The fraction of sp³-hybridized carbons (Fsp3) is 1.00. The van der Waals surface area contributed by atoms with Crippen LogP contribution in [-0.4, -0.2) is 27.0 Å². The molecular weight excluding hydrogens is 222 g/mol. The van der Waals surface area contributed by atoms with Crippen molar-refractivity contribution in [1.29, 1.82) is 0 Å². The van der Waals surface area contributed by atoms with Gasteiger partial charge in [-0.3, -0.25) is 0 Å². The van der Waals surface area contributed by atoms with E-state index in [4.69, 9.17) is 5.73 Å². The maximum Gasteiger partial charge on any atom is 0.147 e. The van der Waals surface area contributed by atoms with Crippen LogP contribution in [0.3, 0.4) is 0 Å². The lowest BCUT2D eigenvalue weighted by atomic mass is 9.73. The highest BCUT2D eigenvalue weighted by molar-refractivity contribution is 7.90. The minimum Gasteiger partial charge on any atom is -0.330 e. The molecule has 0 heterocycles. The normalized spacial score (nSPS) is 31.6. The number of sulfone groups is 1. The summed E-state index contributed by atoms with van der Waals surface area (Å²) in [5.74, 6) is 2.38. The molecule has 2 N–H and O–H groups in total. The van der Waals surface area contributed by atoms with Gasteiger partial charge in [0.05, 0.1) is 0 Å². The second-order valence-corrected chi connectivity index (χ2v) is 7.71. The zero-order chi connectivity index (χ0) is 12.2. The highest BCUT2D eigenvalue weighted by atomic mass is 32.2. The van der Waals surface area contributed by atoms with Gasteiger partial charge < -0.3 is 5.73 Å². The van der Waals surface area contributed by atoms with Gasteiger partial charge in [0.15, 0.2) is 0 Å². The molecule has 0 amide bonds. The van der Waals surface area contributed by atoms with Crippen molar-refractivity contribution in [2.75, 3.05) is 18.6 Å². The molecule has 3 atom stereocenters. The summed E-state index contributed by atoms with van der Waals surface area (Å²) in [4.78, 5) is 0. The first-order chi connectivity index (χ1) is 7.42. The Morgan fingerprint density at radius 1 is 1.25 bits per heavy atom. The predicted molar refractivity (Wildman–Crippen MR) is 68.0 cm³/mol. The quantitative estimate of drug-likeness (QED) is 0.806. The summed E-state index contributed by atoms with van der Waals surface area (Å²) < 4.78 is 22.1. The number of hydrogen-bond donors (Lipinski definition) is 1. The molecule has 0 aromatic carbocycles. The van der Waals surface area contributed by atoms with Crippen LogP contribution in [0.15, 0.2) is 0 Å². The minimum atomic E-state index is -2.79. The average Bonchev–Trinajstić information content (AvgIpc) is 2.16. The Kier molecular flexibility index (Phi) is 5.25. The third-order valence-corrected chi connectivity index (χ3v) is 4.83. The Morgan fingerprint density at radius 2 is 1.94 bits per heavy atom. The van der Waals surface area contributed by atoms with Gasteiger partial charge in [0.2, 0.25) is 0 Å². The highest BCUT2D eigenvalue weighted by Gasteiger charge is 2.27. The number of hydrogen-bond acceptors (Lipinski definition) is 3. The molecule has 3 unspecified atom stereocenters. The third-order valence-electron chi connectivity index (χ3n) is 3.79. The Bertz CT molecular complexity index is 300. The first-order valence-electron chi connectivity index (χ1n) is 6.30. The van der Waals surface area contributed by atoms with Crippen LogP contribution in [0.1, 0.15) is 39.0 Å². The molecule has 1 aliphatic rings. The van der Waals surface area contributed by atoms with Gasteiger partial charge in [0.25, 0.3) is 0 Å². The maximum absolute atomic E-state index is 11.1. The molecule has 0 aromatic heterocycles. The highest BCUT2D eigenvalue weighted by Crippen LogP contribution is 2.35. The van der Waals surface area contributed by atoms with Gasteiger partial charge in [0.1, 0.15) is 9.84 Å². The van der Waals surface area contributed by atoms with Gasteiger partial charge in [-0.05, 0) is 50.0 Å². The standard InChI is InChI=1S/C12H25NO2S/c1-10-5-6-12(9-13)11(8-10)4-3-7-16(2,14)15/h10-12H,3-9,13H2,1-2H3. The Morgan fingerprint density at radius 3 is 2.50 bits per heavy atom. The van der Waals surface area contributed by atoms with Crippen molar-refractivity contribution in [3.8, 4) is 0 Å². The summed E-state index contributed by atoms with van der Waals surface area (Å²) in [5, 5.41) is 0. The Balaban J connectivity index is 2.37. The molecule has 3 nitrogen and oxygen atoms in total. The Labute approximate surface area is 99.7 Å². The van der Waals surface area contributed by atoms with Crippen LogP contribution in [0.2, 0.25) is 0 Å². The van der Waals surface area contributed by atoms with E-state index >= 15 is 0 Å². The SMILES string of the molecule is CC1CCC(CN)C(CCCS(C)(=O)=O)C1. The molecule has 0 aliphatic heterocycles. The van der Waals surface area contributed by atoms with Crippen LogP contribution in [0.4, 0.5) is 0 Å². The second kappa shape index (κ2) is 6.01. The second-order valence-electron chi connectivity index (χ2n) is 5.45. The van der Waals surface area contributed by atoms with Crippen LogP contribution in [0.25, 0.3) is 0 Å². The lowest BCUT2D eigenvalue weighted by Gasteiger charge is -2.34. The molecule has 1 rings (SSSR count). The van der Waals surface area contributed by atoms with Gasteiger partial charge in [0, 0.05) is 12.0 Å². The maximum atomic E-state index is 11.1. The van der Waals surface area contributed by atoms with E-state index in [-0.39, 0.29) is 0 Å². The van der Waals surface area contributed by atoms with Crippen LogP contribution >= 0.6 is 0 Å². The molecule has 16 heavy (non-hydrogen) atoms. The topological polar surface area (TPSA) is 60.2 Å². The summed E-state index contributed by atoms with van der Waals surface area (Å²) >= 11 is 0. The fourth-order valence-corrected chi connectivity index (χ4v) is 3.52. The molecule has 0 aromatic rings. The summed E-state index contributed by atoms with van der Waals surface area (Å²) in [6, 6.07) is 0. The lowest BCUT2D eigenvalue weighted by molar-refractivity contribution is 0.183. The molecule has 1 aliphatic carbocycles. The minimum absolute atomic E-state index is 0.329. The monoisotopic (exact) mass is 247 g/mol. The van der Waals surface area contributed by atoms with E-state index in [0.29, 0.717) is 17.6 Å². The van der Waals surface area contributed by atoms with E-state index in [1.807, 2.05) is 0 Å². The fourth-order valence-electron chi connectivity index (χ4n) is 2.83. The van der Waals surface area contributed by atoms with E-state index < -0.39 is 9.84 Å². The van der Waals surface area contributed by atoms with Crippen molar-refractivity contribution in [1.82, 2.24) is 0 Å². The summed E-state index contributed by atoms with van der Waals surface area (Å²) in [6.45, 7) is 3.05. The van der Waals surface area contributed by atoms with Gasteiger partial charge in [-0.15, -0.1) is 0 Å². The van der Waals surface area contributed by atoms with Crippen molar-refractivity contribution in [2.45, 2.75) is 39.0 Å². The van der Waals surface area contributed by atoms with Gasteiger partial charge >= 0.3 is 0 Å². The van der Waals surface area contributed by atoms with Crippen molar-refractivity contribution < 1.29 is 8.42 Å². The van der Waals surface area contributed by atoms with Crippen LogP contribution < -0.4 is 5.73 Å². The van der Waals surface area contributed by atoms with E-state index in [1.54, 1.807) is 0 Å². The van der Waals surface area contributed by atoms with E-state index in [9.17, 15) is 8.42 Å². The zero-order valence-electron chi connectivity index (χ0n) is 10.5. The lowest BCUT2D eigenvalue weighted by Crippen LogP contribution is -2.30. The van der Waals surface area contributed by atoms with Crippen LogP contribution in [0.5, 0.6) is 0 Å². The molecule has 0 spiro atoms. The van der Waals surface area contributed by atoms with Crippen LogP contribution in [-0.2, 0) is 9.84 Å². The molecule has 1 saturated carbocycles. The van der Waals surface area contributed by atoms with E-state index in [0.717, 1.165) is 25.3 Å². The smallest absolute Gasteiger partial charge is 0.147 e. The Hall–Kier alpha value is -0.0900. The van der Waals surface area contributed by atoms with Crippen molar-refractivity contribution in [3.05, 3.63) is 0 Å². The van der Waals surface area contributed by atoms with Gasteiger partial charge in [-0.1, -0.05) is 13.3 Å². The zero-order valence-corrected chi connectivity index (χ0v) is 11.3. The largest absolute Gasteiger partial charge is 0.330 e. The molecule has 4 heteroatoms. The molecular formula is C12H25NO2S. The van der Waals surface area contributed by atoms with Gasteiger partial charge in [-0.2, -0.15) is 0 Å². The van der Waals surface area contributed by atoms with Crippen molar-refractivity contribution >= 4 is 9.84 Å². The summed E-state index contributed by atoms with van der Waals surface area (Å²) in [7, 11) is -2.79. The first kappa shape index (κ1) is 14.0. The molecule has 0 radical (unpaired) electrons. The van der Waals surface area contributed by atoms with Crippen molar-refractivity contribution in [2.24, 2.45) is 23.5 Å². The van der Waals surface area contributed by atoms with E-state index in [2.05, 4.69) is 6.92 Å². The summed E-state index contributed by atoms with van der Waals surface area (Å²) in [5.41, 5.74) is 5.78. The molecule has 96 valence electrons. The number of nitrogens with two attached hydrogens (primary N) is 1. The third kappa shape index (κ3) is 4.83. The van der Waals surface area contributed by atoms with Crippen molar-refractivity contribution in [3.63, 3.8) is 0 Å². The molecule has 1 fully saturated rings. The molecule has 0 bridgehead atoms. The molecule has 0 saturated heterocycles. The van der Waals surface area contributed by atoms with Gasteiger partial charge in [-0.25, -0.2) is 8.42 Å². The predicted octanol–water partition coefficient (Wildman–Crippen LogP) is 1.82. The average molecular weight is 247 g/mol. The first-order valence-corrected chi connectivity index (χ1v) is 8.36. The number of rotatable bonds is 5. The van der Waals surface area contributed by atoms with Crippen LogP contribution in [0, 0.1) is 17.8 Å². The van der Waals surface area contributed by atoms with E-state index in [1.165, 1.54) is 25.5 Å².